The van der Waals surface area contributed by atoms with Crippen LogP contribution in [0.25, 0.3) is 16.0 Å². The second-order valence-corrected chi connectivity index (χ2v) is 10.0. The molecule has 0 bridgehead atoms. The third kappa shape index (κ3) is 3.82. The van der Waals surface area contributed by atoms with Crippen LogP contribution in [-0.4, -0.2) is 35.0 Å². The van der Waals surface area contributed by atoms with E-state index in [9.17, 15) is 19.1 Å². The molecule has 6 rings (SSSR count). The number of aliphatic hydroxyl groups is 1. The maximum absolute atomic E-state index is 13.8. The molecular weight excluding hydrogens is 495 g/mol. The number of amides is 1. The van der Waals surface area contributed by atoms with Gasteiger partial charge in [-0.3, -0.25) is 14.5 Å². The Labute approximate surface area is 215 Å². The fourth-order valence-corrected chi connectivity index (χ4v) is 5.97. The van der Waals surface area contributed by atoms with Gasteiger partial charge in [-0.1, -0.05) is 29.5 Å². The molecular formula is C28H21FN2O5S. The third-order valence-corrected chi connectivity index (χ3v) is 7.47. The number of fused-ring (bicyclic) bond motifs is 2. The smallest absolute Gasteiger partial charge is 0.301 e. The highest BCUT2D eigenvalue weighted by Gasteiger charge is 2.48. The lowest BCUT2D eigenvalue weighted by molar-refractivity contribution is -0.132. The van der Waals surface area contributed by atoms with Gasteiger partial charge in [-0.25, -0.2) is 9.37 Å². The Hall–Kier alpha value is -4.24. The van der Waals surface area contributed by atoms with Crippen LogP contribution in [0.2, 0.25) is 0 Å². The number of ketones is 1. The summed E-state index contributed by atoms with van der Waals surface area (Å²) in [6.45, 7) is 4.68. The molecule has 1 saturated heterocycles. The fraction of sp³-hybridized carbons (Fsp3) is 0.179. The van der Waals surface area contributed by atoms with E-state index in [1.54, 1.807) is 18.2 Å². The van der Waals surface area contributed by atoms with Gasteiger partial charge >= 0.3 is 5.91 Å². The number of ether oxygens (including phenoxy) is 2. The summed E-state index contributed by atoms with van der Waals surface area (Å²) in [6.07, 6.45) is 0. The average molecular weight is 517 g/mol. The number of Topliss-reactive ketones (excluding diaryl/α,β-unsaturated/α-hetero) is 1. The molecule has 9 heteroatoms. The van der Waals surface area contributed by atoms with Crippen LogP contribution in [0.4, 0.5) is 9.52 Å². The molecule has 1 amide bonds. The van der Waals surface area contributed by atoms with Crippen molar-refractivity contribution in [3.05, 3.63) is 88.2 Å². The quantitative estimate of drug-likeness (QED) is 0.221. The van der Waals surface area contributed by atoms with Gasteiger partial charge in [-0.15, -0.1) is 0 Å². The number of aryl methyl sites for hydroxylation is 2. The van der Waals surface area contributed by atoms with E-state index in [2.05, 4.69) is 0 Å². The summed E-state index contributed by atoms with van der Waals surface area (Å²) < 4.78 is 25.9. The van der Waals surface area contributed by atoms with E-state index in [0.717, 1.165) is 21.3 Å². The molecule has 2 aliphatic heterocycles. The molecule has 1 aromatic heterocycles. The van der Waals surface area contributed by atoms with E-state index in [1.165, 1.54) is 40.5 Å². The normalized spacial score (nSPS) is 18.6. The number of hydrogen-bond acceptors (Lipinski definition) is 7. The molecule has 2 aliphatic rings. The summed E-state index contributed by atoms with van der Waals surface area (Å²) in [5.41, 5.74) is 3.38. The van der Waals surface area contributed by atoms with Crippen molar-refractivity contribution >= 4 is 44.1 Å². The number of nitrogens with zero attached hydrogens (tertiary/aromatic N) is 2. The van der Waals surface area contributed by atoms with Crippen molar-refractivity contribution < 1.29 is 28.6 Å². The number of anilines is 1. The predicted molar refractivity (Wildman–Crippen MR) is 138 cm³/mol. The topological polar surface area (TPSA) is 89.0 Å². The number of halogens is 1. The molecule has 0 unspecified atom stereocenters. The first-order valence-electron chi connectivity index (χ1n) is 11.7. The number of benzene rings is 3. The Morgan fingerprint density at radius 2 is 1.76 bits per heavy atom. The van der Waals surface area contributed by atoms with Crippen molar-refractivity contribution in [1.29, 1.82) is 0 Å². The highest BCUT2D eigenvalue weighted by atomic mass is 32.1. The maximum Gasteiger partial charge on any atom is 0.301 e. The largest absolute Gasteiger partial charge is 0.507 e. The average Bonchev–Trinajstić information content (AvgIpc) is 3.42. The molecule has 37 heavy (non-hydrogen) atoms. The van der Waals surface area contributed by atoms with E-state index >= 15 is 0 Å². The van der Waals surface area contributed by atoms with Crippen LogP contribution in [0.3, 0.4) is 0 Å². The SMILES string of the molecule is Cc1cc(C)c2nc(N3C(=O)C(=O)/C(=C(/O)c4ccc5c(c4)OCCO5)[C@@H]3c3ccc(F)cc3)sc2c1. The molecule has 0 saturated carbocycles. The third-order valence-electron chi connectivity index (χ3n) is 6.47. The standard InChI is InChI=1S/C28H21FN2O5S/c1-14-11-15(2)23-21(12-14)37-28(30-23)31-24(16-3-6-18(29)7-4-16)22(26(33)27(31)34)25(32)17-5-8-19-20(13-17)36-10-9-35-19/h3-8,11-13,24,32H,9-10H2,1-2H3/b25-22+/t24-/m0/s1. The van der Waals surface area contributed by atoms with E-state index in [-0.39, 0.29) is 11.3 Å². The molecule has 0 aliphatic carbocycles. The first-order chi connectivity index (χ1) is 17.8. The zero-order chi connectivity index (χ0) is 25.8. The lowest BCUT2D eigenvalue weighted by Crippen LogP contribution is -2.29. The zero-order valence-corrected chi connectivity index (χ0v) is 20.8. The first kappa shape index (κ1) is 23.2. The molecule has 0 spiro atoms. The van der Waals surface area contributed by atoms with Crippen molar-refractivity contribution in [3.63, 3.8) is 0 Å². The van der Waals surface area contributed by atoms with Gasteiger partial charge in [0.15, 0.2) is 16.6 Å². The molecule has 7 nitrogen and oxygen atoms in total. The summed E-state index contributed by atoms with van der Waals surface area (Å²) in [5, 5.41) is 11.7. The summed E-state index contributed by atoms with van der Waals surface area (Å²) >= 11 is 1.29. The van der Waals surface area contributed by atoms with Gasteiger partial charge in [0.05, 0.1) is 21.8 Å². The molecule has 186 valence electrons. The van der Waals surface area contributed by atoms with Crippen molar-refractivity contribution in [2.45, 2.75) is 19.9 Å². The number of carbonyl (C=O) groups is 2. The first-order valence-corrected chi connectivity index (χ1v) is 12.5. The van der Waals surface area contributed by atoms with Gasteiger partial charge in [0.1, 0.15) is 24.8 Å². The maximum atomic E-state index is 13.8. The second kappa shape index (κ2) is 8.70. The van der Waals surface area contributed by atoms with Crippen LogP contribution in [0.1, 0.15) is 28.3 Å². The van der Waals surface area contributed by atoms with Gasteiger partial charge in [0, 0.05) is 5.56 Å². The minimum atomic E-state index is -1.00. The molecule has 0 radical (unpaired) electrons. The minimum Gasteiger partial charge on any atom is -0.507 e. The van der Waals surface area contributed by atoms with E-state index < -0.39 is 23.5 Å². The lowest BCUT2D eigenvalue weighted by atomic mass is 9.95. The van der Waals surface area contributed by atoms with Gasteiger partial charge in [0.2, 0.25) is 0 Å². The van der Waals surface area contributed by atoms with Gasteiger partial charge in [0.25, 0.3) is 5.78 Å². The fourth-order valence-electron chi connectivity index (χ4n) is 4.80. The summed E-state index contributed by atoms with van der Waals surface area (Å²) in [7, 11) is 0. The Bertz CT molecular complexity index is 1630. The molecule has 3 heterocycles. The molecule has 3 aromatic carbocycles. The monoisotopic (exact) mass is 516 g/mol. The van der Waals surface area contributed by atoms with Crippen molar-refractivity contribution in [2.75, 3.05) is 18.1 Å². The van der Waals surface area contributed by atoms with Crippen molar-refractivity contribution in [2.24, 2.45) is 0 Å². The van der Waals surface area contributed by atoms with E-state index in [4.69, 9.17) is 14.5 Å². The predicted octanol–water partition coefficient (Wildman–Crippen LogP) is 5.45. The number of aromatic nitrogens is 1. The van der Waals surface area contributed by atoms with E-state index in [1.807, 2.05) is 26.0 Å². The van der Waals surface area contributed by atoms with Crippen LogP contribution < -0.4 is 14.4 Å². The number of rotatable bonds is 3. The highest BCUT2D eigenvalue weighted by Crippen LogP contribution is 2.45. The van der Waals surface area contributed by atoms with E-state index in [0.29, 0.717) is 41.0 Å². The van der Waals surface area contributed by atoms with Crippen LogP contribution in [0, 0.1) is 19.7 Å². The van der Waals surface area contributed by atoms with Gasteiger partial charge in [-0.2, -0.15) is 0 Å². The Kier molecular flexibility index (Phi) is 5.45. The zero-order valence-electron chi connectivity index (χ0n) is 19.9. The Morgan fingerprint density at radius 1 is 1.03 bits per heavy atom. The molecule has 1 N–H and O–H groups in total. The van der Waals surface area contributed by atoms with Crippen LogP contribution in [0.5, 0.6) is 11.5 Å². The van der Waals surface area contributed by atoms with Crippen LogP contribution in [0.15, 0.2) is 60.2 Å². The van der Waals surface area contributed by atoms with Crippen LogP contribution >= 0.6 is 11.3 Å². The number of hydrogen-bond donors (Lipinski definition) is 1. The number of thiazole rings is 1. The summed E-state index contributed by atoms with van der Waals surface area (Å²) in [6, 6.07) is 13.3. The van der Waals surface area contributed by atoms with Crippen LogP contribution in [-0.2, 0) is 9.59 Å². The summed E-state index contributed by atoms with van der Waals surface area (Å²) in [5.74, 6) is -1.53. The van der Waals surface area contributed by atoms with Gasteiger partial charge < -0.3 is 14.6 Å². The Balaban J connectivity index is 1.55. The highest BCUT2D eigenvalue weighted by molar-refractivity contribution is 7.22. The number of aliphatic hydroxyl groups excluding tert-OH is 1. The summed E-state index contributed by atoms with van der Waals surface area (Å²) in [4.78, 5) is 32.8. The Morgan fingerprint density at radius 3 is 2.51 bits per heavy atom. The minimum absolute atomic E-state index is 0.111. The number of carbonyl (C=O) groups excluding carboxylic acids is 2. The van der Waals surface area contributed by atoms with Crippen molar-refractivity contribution in [3.8, 4) is 11.5 Å². The lowest BCUT2D eigenvalue weighted by Gasteiger charge is -2.23. The molecule has 4 aromatic rings. The van der Waals surface area contributed by atoms with Crippen molar-refractivity contribution in [1.82, 2.24) is 4.98 Å². The molecule has 1 fully saturated rings. The molecule has 1 atom stereocenters. The van der Waals surface area contributed by atoms with Gasteiger partial charge in [-0.05, 0) is 66.9 Å². The second-order valence-electron chi connectivity index (χ2n) is 9.00.